The van der Waals surface area contributed by atoms with E-state index in [0.717, 1.165) is 27.8 Å². The van der Waals surface area contributed by atoms with Gasteiger partial charge in [-0.15, -0.1) is 0 Å². The van der Waals surface area contributed by atoms with E-state index >= 15 is 0 Å². The van der Waals surface area contributed by atoms with E-state index in [1.54, 1.807) is 18.2 Å². The highest BCUT2D eigenvalue weighted by atomic mass is 32.2. The number of sulfonamides is 1. The van der Waals surface area contributed by atoms with Crippen molar-refractivity contribution in [3.05, 3.63) is 89.5 Å². The zero-order chi connectivity index (χ0) is 20.4. The van der Waals surface area contributed by atoms with Crippen molar-refractivity contribution >= 4 is 16.0 Å². The van der Waals surface area contributed by atoms with E-state index in [9.17, 15) is 18.3 Å². The number of nitrogens with one attached hydrogen (secondary N) is 1. The van der Waals surface area contributed by atoms with E-state index in [0.29, 0.717) is 12.8 Å². The van der Waals surface area contributed by atoms with Crippen molar-refractivity contribution in [2.75, 3.05) is 0 Å². The van der Waals surface area contributed by atoms with Crippen molar-refractivity contribution in [3.63, 3.8) is 0 Å². The molecule has 0 heterocycles. The lowest BCUT2D eigenvalue weighted by molar-refractivity contribution is -0.139. The van der Waals surface area contributed by atoms with Crippen LogP contribution in [-0.4, -0.2) is 25.5 Å². The van der Waals surface area contributed by atoms with Crippen LogP contribution in [0.15, 0.2) is 77.7 Å². The van der Waals surface area contributed by atoms with Gasteiger partial charge in [0.25, 0.3) is 0 Å². The fourth-order valence-corrected chi connectivity index (χ4v) is 5.01. The van der Waals surface area contributed by atoms with Gasteiger partial charge in [0.15, 0.2) is 0 Å². The normalized spacial score (nSPS) is 13.5. The van der Waals surface area contributed by atoms with Crippen LogP contribution < -0.4 is 4.72 Å². The van der Waals surface area contributed by atoms with Crippen LogP contribution in [0.3, 0.4) is 0 Å². The monoisotopic (exact) mass is 407 g/mol. The quantitative estimate of drug-likeness (QED) is 0.490. The maximum absolute atomic E-state index is 12.9. The van der Waals surface area contributed by atoms with Gasteiger partial charge in [-0.2, -0.15) is 4.72 Å². The summed E-state index contributed by atoms with van der Waals surface area (Å²) in [4.78, 5) is 11.7. The SMILES string of the molecule is O=C(O)[C@H](CCc1ccccc1)NS(=O)(=O)c1ccc2c(c1)Cc1ccccc1-2. The van der Waals surface area contributed by atoms with Gasteiger partial charge in [0.05, 0.1) is 4.90 Å². The van der Waals surface area contributed by atoms with Gasteiger partial charge in [-0.25, -0.2) is 8.42 Å². The molecule has 1 aliphatic carbocycles. The molecule has 0 spiro atoms. The lowest BCUT2D eigenvalue weighted by atomic mass is 10.1. The molecular weight excluding hydrogens is 386 g/mol. The fourth-order valence-electron chi connectivity index (χ4n) is 3.73. The Hall–Kier alpha value is -2.96. The van der Waals surface area contributed by atoms with Gasteiger partial charge >= 0.3 is 5.97 Å². The van der Waals surface area contributed by atoms with Gasteiger partial charge in [0.1, 0.15) is 6.04 Å². The molecule has 6 heteroatoms. The Bertz CT molecular complexity index is 1160. The molecule has 0 aliphatic heterocycles. The molecule has 0 amide bonds. The van der Waals surface area contributed by atoms with Gasteiger partial charge < -0.3 is 5.11 Å². The third-order valence-electron chi connectivity index (χ3n) is 5.24. The van der Waals surface area contributed by atoms with Crippen LogP contribution in [0, 0.1) is 0 Å². The Labute approximate surface area is 170 Å². The largest absolute Gasteiger partial charge is 0.480 e. The molecule has 5 nitrogen and oxygen atoms in total. The van der Waals surface area contributed by atoms with Gasteiger partial charge in [-0.05, 0) is 59.2 Å². The topological polar surface area (TPSA) is 83.5 Å². The molecule has 3 aromatic carbocycles. The summed E-state index contributed by atoms with van der Waals surface area (Å²) in [5.74, 6) is -1.18. The molecule has 0 unspecified atom stereocenters. The van der Waals surface area contributed by atoms with Crippen molar-refractivity contribution in [2.24, 2.45) is 0 Å². The number of aryl methyl sites for hydroxylation is 1. The highest BCUT2D eigenvalue weighted by Gasteiger charge is 2.27. The average Bonchev–Trinajstić information content (AvgIpc) is 3.09. The standard InChI is InChI=1S/C23H21NO4S/c25-23(26)22(13-10-16-6-2-1-3-7-16)24-29(27,28)19-11-12-21-18(15-19)14-17-8-4-5-9-20(17)21/h1-9,11-12,15,22,24H,10,13-14H2,(H,25,26)/t22-/m0/s1. The predicted octanol–water partition coefficient (Wildman–Crippen LogP) is 3.62. The van der Waals surface area contributed by atoms with E-state index in [1.807, 2.05) is 54.6 Å². The zero-order valence-corrected chi connectivity index (χ0v) is 16.5. The first-order valence-electron chi connectivity index (χ1n) is 9.44. The van der Waals surface area contributed by atoms with Crippen LogP contribution in [0.4, 0.5) is 0 Å². The first kappa shape index (κ1) is 19.4. The first-order valence-corrected chi connectivity index (χ1v) is 10.9. The summed E-state index contributed by atoms with van der Waals surface area (Å²) in [6.07, 6.45) is 1.32. The van der Waals surface area contributed by atoms with Crippen LogP contribution in [0.5, 0.6) is 0 Å². The van der Waals surface area contributed by atoms with Crippen molar-refractivity contribution in [3.8, 4) is 11.1 Å². The van der Waals surface area contributed by atoms with Gasteiger partial charge in [-0.3, -0.25) is 4.79 Å². The number of hydrogen-bond acceptors (Lipinski definition) is 3. The Morgan fingerprint density at radius 3 is 2.38 bits per heavy atom. The van der Waals surface area contributed by atoms with Crippen molar-refractivity contribution in [1.29, 1.82) is 0 Å². The Morgan fingerprint density at radius 2 is 1.62 bits per heavy atom. The van der Waals surface area contributed by atoms with Gasteiger partial charge in [0, 0.05) is 0 Å². The highest BCUT2D eigenvalue weighted by molar-refractivity contribution is 7.89. The molecule has 4 rings (SSSR count). The number of hydrogen-bond donors (Lipinski definition) is 2. The van der Waals surface area contributed by atoms with Crippen molar-refractivity contribution < 1.29 is 18.3 Å². The second kappa shape index (κ2) is 7.81. The minimum absolute atomic E-state index is 0.0926. The fraction of sp³-hybridized carbons (Fsp3) is 0.174. The van der Waals surface area contributed by atoms with Crippen LogP contribution in [0.1, 0.15) is 23.1 Å². The second-order valence-corrected chi connectivity index (χ2v) is 8.90. The molecule has 0 bridgehead atoms. The molecule has 2 N–H and O–H groups in total. The molecule has 3 aromatic rings. The smallest absolute Gasteiger partial charge is 0.321 e. The van der Waals surface area contributed by atoms with Crippen LogP contribution in [0.2, 0.25) is 0 Å². The van der Waals surface area contributed by atoms with Crippen LogP contribution in [0.25, 0.3) is 11.1 Å². The maximum atomic E-state index is 12.9. The number of benzene rings is 3. The second-order valence-electron chi connectivity index (χ2n) is 7.19. The van der Waals surface area contributed by atoms with Crippen LogP contribution in [-0.2, 0) is 27.7 Å². The average molecular weight is 407 g/mol. The van der Waals surface area contributed by atoms with E-state index in [4.69, 9.17) is 0 Å². The number of rotatable bonds is 7. The molecule has 0 saturated carbocycles. The third-order valence-corrected chi connectivity index (χ3v) is 6.70. The molecule has 1 aliphatic rings. The molecule has 0 saturated heterocycles. The summed E-state index contributed by atoms with van der Waals surface area (Å²) >= 11 is 0. The minimum Gasteiger partial charge on any atom is -0.480 e. The summed E-state index contributed by atoms with van der Waals surface area (Å²) in [5, 5.41) is 9.51. The van der Waals surface area contributed by atoms with Crippen molar-refractivity contribution in [2.45, 2.75) is 30.2 Å². The predicted molar refractivity (Wildman–Crippen MR) is 111 cm³/mol. The molecular formula is C23H21NO4S. The number of carboxylic acids is 1. The van der Waals surface area contributed by atoms with Gasteiger partial charge in [0.2, 0.25) is 10.0 Å². The van der Waals surface area contributed by atoms with Crippen LogP contribution >= 0.6 is 0 Å². The molecule has 0 aromatic heterocycles. The van der Waals surface area contributed by atoms with E-state index < -0.39 is 22.0 Å². The lowest BCUT2D eigenvalue weighted by Gasteiger charge is -2.15. The number of fused-ring (bicyclic) bond motifs is 3. The number of carbonyl (C=O) groups is 1. The van der Waals surface area contributed by atoms with E-state index in [2.05, 4.69) is 4.72 Å². The lowest BCUT2D eigenvalue weighted by Crippen LogP contribution is -2.41. The Morgan fingerprint density at radius 1 is 0.931 bits per heavy atom. The number of aliphatic carboxylic acids is 1. The van der Waals surface area contributed by atoms with E-state index in [-0.39, 0.29) is 11.3 Å². The molecule has 29 heavy (non-hydrogen) atoms. The minimum atomic E-state index is -3.95. The van der Waals surface area contributed by atoms with Crippen molar-refractivity contribution in [1.82, 2.24) is 4.72 Å². The molecule has 1 atom stereocenters. The molecule has 0 radical (unpaired) electrons. The summed E-state index contributed by atoms with van der Waals surface area (Å²) in [7, 11) is -3.95. The zero-order valence-electron chi connectivity index (χ0n) is 15.7. The summed E-state index contributed by atoms with van der Waals surface area (Å²) < 4.78 is 28.1. The maximum Gasteiger partial charge on any atom is 0.321 e. The highest BCUT2D eigenvalue weighted by Crippen LogP contribution is 2.37. The summed E-state index contributed by atoms with van der Waals surface area (Å²) in [6, 6.07) is 21.2. The summed E-state index contributed by atoms with van der Waals surface area (Å²) in [5.41, 5.74) is 5.21. The Balaban J connectivity index is 1.53. The van der Waals surface area contributed by atoms with E-state index in [1.165, 1.54) is 0 Å². The number of carboxylic acid groups (broad SMARTS) is 1. The third kappa shape index (κ3) is 4.09. The summed E-state index contributed by atoms with van der Waals surface area (Å²) in [6.45, 7) is 0. The first-order chi connectivity index (χ1) is 13.9. The molecule has 0 fully saturated rings. The molecule has 148 valence electrons. The van der Waals surface area contributed by atoms with Gasteiger partial charge in [-0.1, -0.05) is 60.7 Å². The Kier molecular flexibility index (Phi) is 5.22.